The van der Waals surface area contributed by atoms with Gasteiger partial charge in [-0.25, -0.2) is 4.79 Å². The lowest BCUT2D eigenvalue weighted by Gasteiger charge is -2.10. The van der Waals surface area contributed by atoms with Crippen LogP contribution in [0.5, 0.6) is 0 Å². The van der Waals surface area contributed by atoms with Crippen LogP contribution in [0.15, 0.2) is 15.8 Å². The Hall–Kier alpha value is -2.36. The maximum atomic E-state index is 11.4. The van der Waals surface area contributed by atoms with Crippen molar-refractivity contribution < 1.29 is 4.79 Å². The van der Waals surface area contributed by atoms with Crippen molar-refractivity contribution in [2.24, 2.45) is 0 Å². The molecule has 1 heterocycles. The van der Waals surface area contributed by atoms with E-state index in [9.17, 15) is 14.4 Å². The Kier molecular flexibility index (Phi) is 3.82. The molecule has 0 aliphatic heterocycles. The predicted molar refractivity (Wildman–Crippen MR) is 59.3 cm³/mol. The molecule has 0 aliphatic rings. The van der Waals surface area contributed by atoms with Crippen LogP contribution in [0.1, 0.15) is 12.0 Å². The number of amides is 1. The molecule has 0 atom stereocenters. The summed E-state index contributed by atoms with van der Waals surface area (Å²) in [6.45, 7) is 0.126. The number of hydrogen-bond donors (Lipinski definition) is 1. The number of aryl methyl sites for hydroxylation is 1. The number of carbonyl (C=O) groups excluding carboxylic acids is 1. The van der Waals surface area contributed by atoms with E-state index < -0.39 is 11.2 Å². The Bertz CT molecular complexity index is 576. The van der Waals surface area contributed by atoms with Crippen molar-refractivity contribution in [1.29, 1.82) is 5.26 Å². The lowest BCUT2D eigenvalue weighted by molar-refractivity contribution is -0.128. The summed E-state index contributed by atoms with van der Waals surface area (Å²) in [5.74, 6) is -0.137. The highest BCUT2D eigenvalue weighted by atomic mass is 16.2. The third kappa shape index (κ3) is 3.04. The highest BCUT2D eigenvalue weighted by Gasteiger charge is 2.07. The van der Waals surface area contributed by atoms with Crippen molar-refractivity contribution in [2.45, 2.75) is 13.0 Å². The minimum atomic E-state index is -0.715. The zero-order valence-electron chi connectivity index (χ0n) is 9.56. The van der Waals surface area contributed by atoms with Crippen molar-refractivity contribution in [2.75, 3.05) is 14.1 Å². The first-order valence-electron chi connectivity index (χ1n) is 4.89. The number of nitrogens with zero attached hydrogens (tertiary/aromatic N) is 3. The highest BCUT2D eigenvalue weighted by molar-refractivity contribution is 5.75. The summed E-state index contributed by atoms with van der Waals surface area (Å²) in [4.78, 5) is 37.2. The van der Waals surface area contributed by atoms with Gasteiger partial charge < -0.3 is 4.90 Å². The number of aromatic nitrogens is 2. The standard InChI is InChI=1S/C10H12N4O3/c1-13(2)8(15)3-4-14-6-7(5-11)9(16)12-10(14)17/h6H,3-4H2,1-2H3,(H,12,16,17). The Morgan fingerprint density at radius 2 is 2.18 bits per heavy atom. The molecule has 0 bridgehead atoms. The van der Waals surface area contributed by atoms with Gasteiger partial charge in [0.15, 0.2) is 0 Å². The quantitative estimate of drug-likeness (QED) is 0.719. The van der Waals surface area contributed by atoms with Crippen molar-refractivity contribution in [1.82, 2.24) is 14.5 Å². The Morgan fingerprint density at radius 1 is 1.53 bits per heavy atom. The molecule has 1 amide bonds. The van der Waals surface area contributed by atoms with Gasteiger partial charge in [-0.2, -0.15) is 5.26 Å². The number of rotatable bonds is 3. The summed E-state index contributed by atoms with van der Waals surface area (Å²) in [6.07, 6.45) is 1.29. The number of nitriles is 1. The summed E-state index contributed by atoms with van der Waals surface area (Å²) in [7, 11) is 3.22. The molecule has 17 heavy (non-hydrogen) atoms. The van der Waals surface area contributed by atoms with Gasteiger partial charge in [-0.15, -0.1) is 0 Å². The fourth-order valence-corrected chi connectivity index (χ4v) is 1.19. The normalized spacial score (nSPS) is 9.71. The maximum absolute atomic E-state index is 11.4. The van der Waals surface area contributed by atoms with Gasteiger partial charge in [0, 0.05) is 33.3 Å². The van der Waals surface area contributed by atoms with Crippen molar-refractivity contribution in [3.8, 4) is 6.07 Å². The van der Waals surface area contributed by atoms with Crippen LogP contribution >= 0.6 is 0 Å². The molecule has 7 nitrogen and oxygen atoms in total. The smallest absolute Gasteiger partial charge is 0.328 e. The van der Waals surface area contributed by atoms with Gasteiger partial charge in [0.2, 0.25) is 5.91 Å². The fraction of sp³-hybridized carbons (Fsp3) is 0.400. The monoisotopic (exact) mass is 236 g/mol. The van der Waals surface area contributed by atoms with E-state index in [1.54, 1.807) is 20.2 Å². The Morgan fingerprint density at radius 3 is 2.71 bits per heavy atom. The van der Waals surface area contributed by atoms with Crippen LogP contribution in [0.3, 0.4) is 0 Å². The van der Waals surface area contributed by atoms with E-state index in [4.69, 9.17) is 5.26 Å². The first-order valence-corrected chi connectivity index (χ1v) is 4.89. The maximum Gasteiger partial charge on any atom is 0.328 e. The molecule has 0 radical (unpaired) electrons. The summed E-state index contributed by atoms with van der Waals surface area (Å²) < 4.78 is 1.14. The second kappa shape index (κ2) is 5.12. The molecule has 90 valence electrons. The van der Waals surface area contributed by atoms with Crippen LogP contribution in [0.25, 0.3) is 0 Å². The molecule has 1 aromatic rings. The second-order valence-corrected chi connectivity index (χ2v) is 3.65. The average molecular weight is 236 g/mol. The van der Waals surface area contributed by atoms with E-state index in [2.05, 4.69) is 0 Å². The Balaban J connectivity index is 2.94. The largest absolute Gasteiger partial charge is 0.349 e. The van der Waals surface area contributed by atoms with Crippen LogP contribution in [-0.2, 0) is 11.3 Å². The number of H-pyrrole nitrogens is 1. The molecule has 0 saturated carbocycles. The van der Waals surface area contributed by atoms with E-state index in [1.807, 2.05) is 4.98 Å². The molecular formula is C10H12N4O3. The van der Waals surface area contributed by atoms with Crippen molar-refractivity contribution in [3.05, 3.63) is 32.6 Å². The first kappa shape index (κ1) is 12.7. The minimum Gasteiger partial charge on any atom is -0.349 e. The molecular weight excluding hydrogens is 224 g/mol. The zero-order chi connectivity index (χ0) is 13.0. The predicted octanol–water partition coefficient (Wildman–Crippen LogP) is -1.11. The third-order valence-electron chi connectivity index (χ3n) is 2.20. The van der Waals surface area contributed by atoms with E-state index in [1.165, 1.54) is 4.90 Å². The van der Waals surface area contributed by atoms with Crippen LogP contribution in [0, 0.1) is 11.3 Å². The molecule has 0 unspecified atom stereocenters. The summed E-state index contributed by atoms with van der Waals surface area (Å²) in [6, 6.07) is 1.67. The van der Waals surface area contributed by atoms with Gasteiger partial charge in [0.1, 0.15) is 11.6 Å². The third-order valence-corrected chi connectivity index (χ3v) is 2.20. The van der Waals surface area contributed by atoms with Gasteiger partial charge in [0.05, 0.1) is 0 Å². The average Bonchev–Trinajstić information content (AvgIpc) is 2.27. The summed E-state index contributed by atoms with van der Waals surface area (Å²) >= 11 is 0. The number of nitrogens with one attached hydrogen (secondary N) is 1. The first-order chi connectivity index (χ1) is 7.95. The number of aromatic amines is 1. The second-order valence-electron chi connectivity index (χ2n) is 3.65. The summed E-state index contributed by atoms with van der Waals surface area (Å²) in [5.41, 5.74) is -1.49. The Labute approximate surface area is 96.9 Å². The lowest BCUT2D eigenvalue weighted by Crippen LogP contribution is -2.32. The number of carbonyl (C=O) groups is 1. The van der Waals surface area contributed by atoms with Crippen LogP contribution in [0.2, 0.25) is 0 Å². The lowest BCUT2D eigenvalue weighted by atomic mass is 10.3. The van der Waals surface area contributed by atoms with Crippen molar-refractivity contribution in [3.63, 3.8) is 0 Å². The molecule has 0 saturated heterocycles. The number of hydrogen-bond acceptors (Lipinski definition) is 4. The molecule has 7 heteroatoms. The van der Waals surface area contributed by atoms with Gasteiger partial charge in [-0.3, -0.25) is 19.1 Å². The van der Waals surface area contributed by atoms with Crippen LogP contribution in [-0.4, -0.2) is 34.5 Å². The minimum absolute atomic E-state index is 0.126. The molecule has 1 N–H and O–H groups in total. The van der Waals surface area contributed by atoms with Crippen LogP contribution in [0.4, 0.5) is 0 Å². The molecule has 0 aliphatic carbocycles. The zero-order valence-corrected chi connectivity index (χ0v) is 9.56. The summed E-state index contributed by atoms with van der Waals surface area (Å²) in [5, 5.41) is 8.64. The SMILES string of the molecule is CN(C)C(=O)CCn1cc(C#N)c(=O)[nH]c1=O. The van der Waals surface area contributed by atoms with Gasteiger partial charge in [0.25, 0.3) is 5.56 Å². The molecule has 0 fully saturated rings. The highest BCUT2D eigenvalue weighted by Crippen LogP contribution is 1.92. The van der Waals surface area contributed by atoms with E-state index >= 15 is 0 Å². The topological polar surface area (TPSA) is 99.0 Å². The molecule has 0 aromatic carbocycles. The van der Waals surface area contributed by atoms with Gasteiger partial charge >= 0.3 is 5.69 Å². The van der Waals surface area contributed by atoms with Crippen molar-refractivity contribution >= 4 is 5.91 Å². The van der Waals surface area contributed by atoms with Gasteiger partial charge in [-0.1, -0.05) is 0 Å². The fourth-order valence-electron chi connectivity index (χ4n) is 1.19. The molecule has 1 rings (SSSR count). The molecule has 1 aromatic heterocycles. The van der Waals surface area contributed by atoms with E-state index in [0.717, 1.165) is 10.8 Å². The van der Waals surface area contributed by atoms with Crippen LogP contribution < -0.4 is 11.2 Å². The van der Waals surface area contributed by atoms with E-state index in [-0.39, 0.29) is 24.4 Å². The van der Waals surface area contributed by atoms with Gasteiger partial charge in [-0.05, 0) is 0 Å². The molecule has 0 spiro atoms. The van der Waals surface area contributed by atoms with E-state index in [0.29, 0.717) is 0 Å².